The van der Waals surface area contributed by atoms with Crippen molar-refractivity contribution < 1.29 is 28.7 Å². The van der Waals surface area contributed by atoms with E-state index in [4.69, 9.17) is 9.47 Å². The summed E-state index contributed by atoms with van der Waals surface area (Å²) >= 11 is 0. The van der Waals surface area contributed by atoms with Gasteiger partial charge < -0.3 is 29.8 Å². The predicted molar refractivity (Wildman–Crippen MR) is 134 cm³/mol. The number of carbonyl (C=O) groups is 2. The Morgan fingerprint density at radius 2 is 1.69 bits per heavy atom. The molecule has 2 aromatic carbocycles. The zero-order valence-corrected chi connectivity index (χ0v) is 21.5. The first-order valence-electron chi connectivity index (χ1n) is 11.2. The topological polar surface area (TPSA) is 117 Å². The van der Waals surface area contributed by atoms with Crippen LogP contribution in [0.1, 0.15) is 32.4 Å². The van der Waals surface area contributed by atoms with Crippen LogP contribution < -0.4 is 25.4 Å². The summed E-state index contributed by atoms with van der Waals surface area (Å²) in [7, 11) is -1.38. The number of amides is 2. The number of rotatable bonds is 6. The van der Waals surface area contributed by atoms with Gasteiger partial charge in [-0.3, -0.25) is 14.5 Å². The molecular formula is C25H30N3O6P. The van der Waals surface area contributed by atoms with Crippen LogP contribution in [0.3, 0.4) is 0 Å². The van der Waals surface area contributed by atoms with Crippen LogP contribution in [0.25, 0.3) is 0 Å². The van der Waals surface area contributed by atoms with Gasteiger partial charge in [0.2, 0.25) is 6.79 Å². The molecule has 9 nitrogen and oxygen atoms in total. The maximum atomic E-state index is 13.1. The van der Waals surface area contributed by atoms with Crippen LogP contribution in [0.4, 0.5) is 5.69 Å². The van der Waals surface area contributed by atoms with E-state index < -0.39 is 19.0 Å². The lowest BCUT2D eigenvalue weighted by atomic mass is 9.82. The third-order valence-electron chi connectivity index (χ3n) is 6.03. The van der Waals surface area contributed by atoms with Crippen molar-refractivity contribution >= 4 is 29.9 Å². The lowest BCUT2D eigenvalue weighted by molar-refractivity contribution is -0.136. The number of benzene rings is 2. The zero-order valence-electron chi connectivity index (χ0n) is 20.6. The highest BCUT2D eigenvalue weighted by Crippen LogP contribution is 2.42. The predicted octanol–water partition coefficient (Wildman–Crippen LogP) is 3.37. The van der Waals surface area contributed by atoms with Crippen molar-refractivity contribution in [3.8, 4) is 17.2 Å². The minimum absolute atomic E-state index is 0.00183. The van der Waals surface area contributed by atoms with Gasteiger partial charge in [-0.15, -0.1) is 0 Å². The summed E-state index contributed by atoms with van der Waals surface area (Å²) in [5, 5.41) is 17.2. The number of anilines is 1. The number of aromatic hydroxyl groups is 1. The molecule has 35 heavy (non-hydrogen) atoms. The second-order valence-electron chi connectivity index (χ2n) is 10.1. The standard InChI is InChI=1S/C25H30N3O6P/c1-25(2,3)22(14-10-11-16-17(12-14)34-13-33-16)27-20-19(23(30)28(4)24(20)31)26-15-8-7-9-18(21(15)29)35(5,6)32/h7-12,22,26-27,29H,13H2,1-6H3/t22-/m0/s1. The lowest BCUT2D eigenvalue weighted by Crippen LogP contribution is -2.36. The number of fused-ring (bicyclic) bond motifs is 1. The summed E-state index contributed by atoms with van der Waals surface area (Å²) in [4.78, 5) is 27.1. The first-order valence-corrected chi connectivity index (χ1v) is 13.8. The number of phenolic OH excluding ortho intramolecular Hbond substituents is 1. The number of imide groups is 1. The number of hydrogen-bond donors (Lipinski definition) is 3. The summed E-state index contributed by atoms with van der Waals surface area (Å²) in [5.74, 6) is -0.00121. The maximum absolute atomic E-state index is 13.1. The molecule has 0 saturated heterocycles. The van der Waals surface area contributed by atoms with Gasteiger partial charge in [0, 0.05) is 7.05 Å². The number of nitrogens with one attached hydrogen (secondary N) is 2. The fourth-order valence-electron chi connectivity index (χ4n) is 4.13. The molecule has 0 bridgehead atoms. The van der Waals surface area contributed by atoms with Crippen LogP contribution in [0.15, 0.2) is 47.8 Å². The molecule has 2 aliphatic rings. The third-order valence-corrected chi connectivity index (χ3v) is 7.55. The first-order chi connectivity index (χ1) is 16.3. The van der Waals surface area contributed by atoms with E-state index in [0.717, 1.165) is 10.5 Å². The minimum Gasteiger partial charge on any atom is -0.505 e. The maximum Gasteiger partial charge on any atom is 0.279 e. The van der Waals surface area contributed by atoms with E-state index in [0.29, 0.717) is 11.5 Å². The summed E-state index contributed by atoms with van der Waals surface area (Å²) in [6.45, 7) is 9.30. The average molecular weight is 500 g/mol. The van der Waals surface area contributed by atoms with Crippen LogP contribution >= 0.6 is 7.14 Å². The van der Waals surface area contributed by atoms with E-state index in [1.807, 2.05) is 39.0 Å². The summed E-state index contributed by atoms with van der Waals surface area (Å²) in [6.07, 6.45) is 0. The Balaban J connectivity index is 1.76. The molecule has 2 aliphatic heterocycles. The molecule has 4 rings (SSSR count). The van der Waals surface area contributed by atoms with Crippen molar-refractivity contribution in [2.24, 2.45) is 5.41 Å². The molecule has 3 N–H and O–H groups in total. The zero-order chi connectivity index (χ0) is 25.7. The highest BCUT2D eigenvalue weighted by molar-refractivity contribution is 7.70. The van der Waals surface area contributed by atoms with Gasteiger partial charge in [-0.2, -0.15) is 0 Å². The van der Waals surface area contributed by atoms with Crippen molar-refractivity contribution in [3.63, 3.8) is 0 Å². The van der Waals surface area contributed by atoms with Crippen molar-refractivity contribution in [1.82, 2.24) is 10.2 Å². The molecule has 186 valence electrons. The quantitative estimate of drug-likeness (QED) is 0.315. The summed E-state index contributed by atoms with van der Waals surface area (Å²) in [5.41, 5.74) is 0.756. The molecule has 2 heterocycles. The number of likely N-dealkylation sites (N-methyl/N-ethyl adjacent to an activating group) is 1. The monoisotopic (exact) mass is 499 g/mol. The molecule has 10 heteroatoms. The average Bonchev–Trinajstić information content (AvgIpc) is 3.31. The Bertz CT molecular complexity index is 1290. The van der Waals surface area contributed by atoms with E-state index >= 15 is 0 Å². The van der Waals surface area contributed by atoms with Crippen LogP contribution in [0, 0.1) is 5.41 Å². The number of phenols is 1. The molecular weight excluding hydrogens is 469 g/mol. The van der Waals surface area contributed by atoms with E-state index in [1.54, 1.807) is 31.5 Å². The van der Waals surface area contributed by atoms with Crippen molar-refractivity contribution in [1.29, 1.82) is 0 Å². The minimum atomic E-state index is -2.78. The Morgan fingerprint density at radius 1 is 1.03 bits per heavy atom. The molecule has 1 atom stereocenters. The van der Waals surface area contributed by atoms with Gasteiger partial charge in [-0.25, -0.2) is 0 Å². The molecule has 0 aliphatic carbocycles. The van der Waals surface area contributed by atoms with E-state index in [2.05, 4.69) is 10.6 Å². The molecule has 2 aromatic rings. The van der Waals surface area contributed by atoms with E-state index in [9.17, 15) is 19.3 Å². The Morgan fingerprint density at radius 3 is 2.34 bits per heavy atom. The fraction of sp³-hybridized carbons (Fsp3) is 0.360. The second-order valence-corrected chi connectivity index (χ2v) is 13.3. The highest BCUT2D eigenvalue weighted by atomic mass is 31.2. The lowest BCUT2D eigenvalue weighted by Gasteiger charge is -2.33. The number of para-hydroxylation sites is 1. The fourth-order valence-corrected chi connectivity index (χ4v) is 5.21. The summed E-state index contributed by atoms with van der Waals surface area (Å²) < 4.78 is 23.5. The third kappa shape index (κ3) is 4.60. The smallest absolute Gasteiger partial charge is 0.279 e. The molecule has 0 aromatic heterocycles. The van der Waals surface area contributed by atoms with Gasteiger partial charge in [-0.1, -0.05) is 32.9 Å². The molecule has 0 saturated carbocycles. The molecule has 0 radical (unpaired) electrons. The van der Waals surface area contributed by atoms with Gasteiger partial charge in [0.25, 0.3) is 11.8 Å². The van der Waals surface area contributed by atoms with Gasteiger partial charge in [0.1, 0.15) is 24.3 Å². The Kier molecular flexibility index (Phi) is 6.09. The normalized spacial score (nSPS) is 16.7. The van der Waals surface area contributed by atoms with Crippen LogP contribution in [-0.2, 0) is 14.2 Å². The summed E-state index contributed by atoms with van der Waals surface area (Å²) in [6, 6.07) is 9.98. The van der Waals surface area contributed by atoms with Gasteiger partial charge >= 0.3 is 0 Å². The number of ether oxygens (including phenoxy) is 2. The number of nitrogens with zero attached hydrogens (tertiary/aromatic N) is 1. The highest BCUT2D eigenvalue weighted by Gasteiger charge is 2.40. The molecule has 0 unspecified atom stereocenters. The van der Waals surface area contributed by atoms with Crippen LogP contribution in [-0.4, -0.2) is 49.0 Å². The van der Waals surface area contributed by atoms with Crippen molar-refractivity contribution in [3.05, 3.63) is 53.4 Å². The molecule has 2 amide bonds. The second kappa shape index (κ2) is 8.64. The van der Waals surface area contributed by atoms with Crippen LogP contribution in [0.2, 0.25) is 0 Å². The molecule has 0 spiro atoms. The SMILES string of the molecule is CN1C(=O)C(Nc2cccc(P(C)(C)=O)c2O)=C(N[C@@H](c2ccc3c(c2)OCO3)C(C)(C)C)C1=O. The van der Waals surface area contributed by atoms with Crippen LogP contribution in [0.5, 0.6) is 17.2 Å². The van der Waals surface area contributed by atoms with Crippen molar-refractivity contribution in [2.45, 2.75) is 26.8 Å². The largest absolute Gasteiger partial charge is 0.505 e. The van der Waals surface area contributed by atoms with Gasteiger partial charge in [-0.05, 0) is 48.6 Å². The Hall–Kier alpha value is -3.45. The van der Waals surface area contributed by atoms with Gasteiger partial charge in [0.15, 0.2) is 11.5 Å². The number of hydrogen-bond acceptors (Lipinski definition) is 8. The van der Waals surface area contributed by atoms with Crippen molar-refractivity contribution in [2.75, 3.05) is 32.5 Å². The van der Waals surface area contributed by atoms with E-state index in [-0.39, 0.29) is 46.4 Å². The van der Waals surface area contributed by atoms with Gasteiger partial charge in [0.05, 0.1) is 17.0 Å². The first kappa shape index (κ1) is 24.7. The molecule has 0 fully saturated rings. The Labute approximate surface area is 204 Å². The van der Waals surface area contributed by atoms with E-state index in [1.165, 1.54) is 7.05 Å². The number of carbonyl (C=O) groups excluding carboxylic acids is 2.